The Balaban J connectivity index is 1.71. The average Bonchev–Trinajstić information content (AvgIpc) is 2.57. The molecule has 0 spiro atoms. The maximum atomic E-state index is 2.96. The van der Waals surface area contributed by atoms with Crippen molar-refractivity contribution in [2.45, 2.75) is 94.0 Å². The van der Waals surface area contributed by atoms with Crippen molar-refractivity contribution >= 4 is 28.0 Å². The molecule has 2 saturated carbocycles. The van der Waals surface area contributed by atoms with E-state index in [0.29, 0.717) is 7.92 Å². The van der Waals surface area contributed by atoms with Crippen LogP contribution in [0.15, 0.2) is 0 Å². The number of hydrogen-bond acceptors (Lipinski definition) is 1. The average molecular weight is 437 g/mol. The first-order valence-electron chi connectivity index (χ1n) is 9.78. The Morgan fingerprint density at radius 1 is 0.682 bits per heavy atom. The molecule has 0 amide bonds. The number of hydrogen-bond donors (Lipinski definition) is 0. The van der Waals surface area contributed by atoms with Crippen LogP contribution in [0.2, 0.25) is 0 Å². The SMILES string of the molecule is CI(C)N1CCCC(P(C2CCCCC2)C2CCCCC2)C1. The van der Waals surface area contributed by atoms with E-state index < -0.39 is 20.1 Å². The van der Waals surface area contributed by atoms with Gasteiger partial charge in [-0.25, -0.2) is 0 Å². The summed E-state index contributed by atoms with van der Waals surface area (Å²) in [5.74, 6) is 0. The molecule has 1 heterocycles. The summed E-state index contributed by atoms with van der Waals surface area (Å²) in [4.78, 5) is 5.13. The van der Waals surface area contributed by atoms with Crippen LogP contribution in [0.3, 0.4) is 0 Å². The quantitative estimate of drug-likeness (QED) is 0.217. The molecule has 22 heavy (non-hydrogen) atoms. The first-order chi connectivity index (χ1) is 10.8. The van der Waals surface area contributed by atoms with E-state index in [1.165, 1.54) is 32.4 Å². The summed E-state index contributed by atoms with van der Waals surface area (Å²) in [7, 11) is 0.317. The number of nitrogens with zero attached hydrogens (tertiary/aromatic N) is 1. The van der Waals surface area contributed by atoms with E-state index in [2.05, 4.69) is 13.0 Å². The Labute approximate surface area is 147 Å². The van der Waals surface area contributed by atoms with Crippen molar-refractivity contribution in [3.63, 3.8) is 0 Å². The summed E-state index contributed by atoms with van der Waals surface area (Å²) < 4.78 is 2.96. The Hall–Kier alpha value is 1.12. The van der Waals surface area contributed by atoms with Crippen molar-refractivity contribution in [1.82, 2.24) is 3.11 Å². The van der Waals surface area contributed by atoms with E-state index in [0.717, 1.165) is 17.0 Å². The first-order valence-corrected chi connectivity index (χ1v) is 16.6. The van der Waals surface area contributed by atoms with E-state index >= 15 is 0 Å². The van der Waals surface area contributed by atoms with Crippen LogP contribution in [-0.4, -0.2) is 43.0 Å². The number of rotatable bonds is 4. The molecule has 0 aromatic rings. The van der Waals surface area contributed by atoms with Gasteiger partial charge in [0.05, 0.1) is 0 Å². The number of alkyl halides is 2. The second-order valence-electron chi connectivity index (χ2n) is 7.91. The third-order valence-electron chi connectivity index (χ3n) is 6.24. The zero-order chi connectivity index (χ0) is 15.4. The van der Waals surface area contributed by atoms with Crippen molar-refractivity contribution in [3.05, 3.63) is 0 Å². The molecule has 2 aliphatic carbocycles. The van der Waals surface area contributed by atoms with Gasteiger partial charge in [0.25, 0.3) is 0 Å². The van der Waals surface area contributed by atoms with Gasteiger partial charge < -0.3 is 0 Å². The van der Waals surface area contributed by atoms with E-state index in [-0.39, 0.29) is 0 Å². The van der Waals surface area contributed by atoms with Gasteiger partial charge in [0.2, 0.25) is 0 Å². The van der Waals surface area contributed by atoms with Crippen molar-refractivity contribution in [2.75, 3.05) is 23.0 Å². The zero-order valence-electron chi connectivity index (χ0n) is 14.9. The molecule has 0 aromatic heterocycles. The van der Waals surface area contributed by atoms with Crippen LogP contribution < -0.4 is 0 Å². The third-order valence-corrected chi connectivity index (χ3v) is 13.8. The molecular weight excluding hydrogens is 400 g/mol. The minimum atomic E-state index is -0.744. The molecule has 0 aromatic carbocycles. The Kier molecular flexibility index (Phi) is 7.33. The standard InChI is InChI=1S/C19H37INP/c1-20(2)21-15-9-14-19(16-21)22(17-10-5-3-6-11-17)18-12-7-4-8-13-18/h17-19H,3-16H2,1-2H3. The molecule has 1 saturated heterocycles. The molecule has 3 rings (SSSR count). The van der Waals surface area contributed by atoms with Gasteiger partial charge in [-0.15, -0.1) is 0 Å². The van der Waals surface area contributed by atoms with Gasteiger partial charge in [0.15, 0.2) is 0 Å². The summed E-state index contributed by atoms with van der Waals surface area (Å²) in [5, 5.41) is 0. The van der Waals surface area contributed by atoms with E-state index in [1.54, 1.807) is 57.8 Å². The fourth-order valence-corrected chi connectivity index (χ4v) is 12.6. The Morgan fingerprint density at radius 3 is 1.68 bits per heavy atom. The molecule has 3 fully saturated rings. The van der Waals surface area contributed by atoms with Gasteiger partial charge in [-0.3, -0.25) is 0 Å². The van der Waals surface area contributed by atoms with Gasteiger partial charge in [-0.1, -0.05) is 0 Å². The van der Waals surface area contributed by atoms with Gasteiger partial charge in [-0.05, 0) is 0 Å². The summed E-state index contributed by atoms with van der Waals surface area (Å²) in [6.45, 7) is 2.95. The Bertz CT molecular complexity index is 305. The van der Waals surface area contributed by atoms with Crippen LogP contribution in [-0.2, 0) is 0 Å². The van der Waals surface area contributed by atoms with Crippen LogP contribution in [0.4, 0.5) is 0 Å². The molecule has 0 N–H and O–H groups in total. The monoisotopic (exact) mass is 437 g/mol. The van der Waals surface area contributed by atoms with Crippen LogP contribution in [0.1, 0.15) is 77.0 Å². The normalized spacial score (nSPS) is 30.7. The predicted molar refractivity (Wildman–Crippen MR) is 111 cm³/mol. The van der Waals surface area contributed by atoms with Crippen molar-refractivity contribution < 1.29 is 0 Å². The minimum absolute atomic E-state index is 0.317. The predicted octanol–water partition coefficient (Wildman–Crippen LogP) is 6.28. The molecule has 1 atom stereocenters. The third kappa shape index (κ3) is 4.60. The fourth-order valence-electron chi connectivity index (χ4n) is 5.11. The summed E-state index contributed by atoms with van der Waals surface area (Å²) in [6.07, 6.45) is 18.7. The molecule has 3 heteroatoms. The number of piperidine rings is 1. The molecule has 1 unspecified atom stereocenters. The van der Waals surface area contributed by atoms with Crippen molar-refractivity contribution in [2.24, 2.45) is 0 Å². The van der Waals surface area contributed by atoms with E-state index in [9.17, 15) is 0 Å². The van der Waals surface area contributed by atoms with Crippen LogP contribution >= 0.6 is 28.0 Å². The summed E-state index contributed by atoms with van der Waals surface area (Å²) >= 11 is -0.744. The molecule has 3 aliphatic rings. The van der Waals surface area contributed by atoms with Crippen LogP contribution in [0, 0.1) is 0 Å². The maximum absolute atomic E-state index is 2.96. The topological polar surface area (TPSA) is 3.24 Å². The van der Waals surface area contributed by atoms with Gasteiger partial charge in [-0.2, -0.15) is 0 Å². The fraction of sp³-hybridized carbons (Fsp3) is 1.00. The summed E-state index contributed by atoms with van der Waals surface area (Å²) in [6, 6.07) is 0. The first kappa shape index (κ1) is 17.9. The van der Waals surface area contributed by atoms with Gasteiger partial charge in [0, 0.05) is 0 Å². The number of halogens is 1. The zero-order valence-corrected chi connectivity index (χ0v) is 18.0. The van der Waals surface area contributed by atoms with Gasteiger partial charge in [0.1, 0.15) is 0 Å². The van der Waals surface area contributed by atoms with Crippen molar-refractivity contribution in [1.29, 1.82) is 0 Å². The molecule has 1 nitrogen and oxygen atoms in total. The molecular formula is C19H37INP. The molecule has 130 valence electrons. The van der Waals surface area contributed by atoms with E-state index in [1.807, 2.05) is 0 Å². The second kappa shape index (κ2) is 8.99. The second-order valence-corrected chi connectivity index (χ2v) is 16.4. The van der Waals surface area contributed by atoms with E-state index in [4.69, 9.17) is 0 Å². The molecule has 0 radical (unpaired) electrons. The van der Waals surface area contributed by atoms with Crippen LogP contribution in [0.25, 0.3) is 0 Å². The van der Waals surface area contributed by atoms with Crippen LogP contribution in [0.5, 0.6) is 0 Å². The molecule has 0 bridgehead atoms. The summed E-state index contributed by atoms with van der Waals surface area (Å²) in [5.41, 5.74) is 3.44. The van der Waals surface area contributed by atoms with Gasteiger partial charge >= 0.3 is 148 Å². The molecule has 1 aliphatic heterocycles. The Morgan fingerprint density at radius 2 is 1.18 bits per heavy atom. The van der Waals surface area contributed by atoms with Crippen molar-refractivity contribution in [3.8, 4) is 0 Å².